The number of methoxy groups -OCH3 is 1. The number of nitrogens with zero attached hydrogens (tertiary/aromatic N) is 2. The first-order valence-electron chi connectivity index (χ1n) is 7.34. The molecule has 0 spiro atoms. The van der Waals surface area contributed by atoms with E-state index in [2.05, 4.69) is 32.3 Å². The van der Waals surface area contributed by atoms with Crippen molar-refractivity contribution in [3.05, 3.63) is 54.1 Å². The summed E-state index contributed by atoms with van der Waals surface area (Å²) in [5.41, 5.74) is 1.23. The molecule has 0 aliphatic carbocycles. The van der Waals surface area contributed by atoms with Crippen molar-refractivity contribution in [3.63, 3.8) is 0 Å². The highest BCUT2D eigenvalue weighted by molar-refractivity contribution is 5.73. The summed E-state index contributed by atoms with van der Waals surface area (Å²) >= 11 is 0. The number of nitrogens with one attached hydrogen (secondary N) is 2. The molecule has 6 nitrogen and oxygen atoms in total. The first-order chi connectivity index (χ1) is 10.8. The highest BCUT2D eigenvalue weighted by atomic mass is 16.5. The van der Waals surface area contributed by atoms with Crippen molar-refractivity contribution in [2.24, 2.45) is 0 Å². The molecule has 2 aromatic rings. The normalized spacial score (nSPS) is 10.4. The third-order valence-corrected chi connectivity index (χ3v) is 3.22. The van der Waals surface area contributed by atoms with E-state index in [0.717, 1.165) is 12.4 Å². The van der Waals surface area contributed by atoms with Gasteiger partial charge in [0.05, 0.1) is 6.61 Å². The molecule has 2 amide bonds. The van der Waals surface area contributed by atoms with Gasteiger partial charge in [0.15, 0.2) is 0 Å². The van der Waals surface area contributed by atoms with Crippen LogP contribution in [0.4, 0.5) is 4.79 Å². The molecular weight excluding hydrogens is 280 g/mol. The molecule has 0 radical (unpaired) electrons. The molecule has 22 heavy (non-hydrogen) atoms. The molecule has 0 bridgehead atoms. The molecule has 6 heteroatoms. The Hall–Kier alpha value is -2.34. The second kappa shape index (κ2) is 8.84. The molecule has 1 aromatic heterocycles. The van der Waals surface area contributed by atoms with Gasteiger partial charge in [-0.1, -0.05) is 30.3 Å². The Balaban J connectivity index is 1.77. The summed E-state index contributed by atoms with van der Waals surface area (Å²) in [5.74, 6) is 0.959. The Bertz CT molecular complexity index is 569. The number of carbonyl (C=O) groups is 1. The molecule has 2 rings (SSSR count). The number of amides is 2. The van der Waals surface area contributed by atoms with Crippen LogP contribution in [0.3, 0.4) is 0 Å². The van der Waals surface area contributed by atoms with Gasteiger partial charge in [0.1, 0.15) is 5.82 Å². The fourth-order valence-corrected chi connectivity index (χ4v) is 2.11. The predicted octanol–water partition coefficient (Wildman–Crippen LogP) is 1.42. The topological polar surface area (TPSA) is 68.2 Å². The maximum absolute atomic E-state index is 11.5. The minimum atomic E-state index is -0.182. The quantitative estimate of drug-likeness (QED) is 0.725. The van der Waals surface area contributed by atoms with Gasteiger partial charge in [-0.15, -0.1) is 0 Å². The maximum Gasteiger partial charge on any atom is 0.314 e. The average Bonchev–Trinajstić information content (AvgIpc) is 2.96. The number of carbonyl (C=O) groups excluding carboxylic acids is 1. The van der Waals surface area contributed by atoms with Crippen LogP contribution in [-0.2, 0) is 17.7 Å². The molecule has 0 saturated heterocycles. The highest BCUT2D eigenvalue weighted by Crippen LogP contribution is 2.05. The molecule has 1 heterocycles. The summed E-state index contributed by atoms with van der Waals surface area (Å²) in [5, 5.41) is 5.53. The van der Waals surface area contributed by atoms with Crippen LogP contribution in [0.5, 0.6) is 0 Å². The summed E-state index contributed by atoms with van der Waals surface area (Å²) in [6, 6.07) is 10.1. The van der Waals surface area contributed by atoms with Gasteiger partial charge in [0.2, 0.25) is 0 Å². The van der Waals surface area contributed by atoms with Gasteiger partial charge < -0.3 is 19.9 Å². The standard InChI is InChI=1S/C16H22N4O2/c1-22-12-10-19-16(21)18-8-7-15-17-9-11-20(15)13-14-5-3-2-4-6-14/h2-6,9,11H,7-8,10,12-13H2,1H3,(H2,18,19,21). The van der Waals surface area contributed by atoms with E-state index in [1.165, 1.54) is 5.56 Å². The zero-order valence-electron chi connectivity index (χ0n) is 12.8. The fourth-order valence-electron chi connectivity index (χ4n) is 2.11. The monoisotopic (exact) mass is 302 g/mol. The van der Waals surface area contributed by atoms with Gasteiger partial charge in [-0.3, -0.25) is 0 Å². The Morgan fingerprint density at radius 3 is 2.77 bits per heavy atom. The molecule has 0 aliphatic heterocycles. The van der Waals surface area contributed by atoms with Crippen LogP contribution in [0.25, 0.3) is 0 Å². The van der Waals surface area contributed by atoms with Gasteiger partial charge in [-0.05, 0) is 5.56 Å². The lowest BCUT2D eigenvalue weighted by atomic mass is 10.2. The van der Waals surface area contributed by atoms with Gasteiger partial charge in [0, 0.05) is 45.6 Å². The number of imidazole rings is 1. The number of rotatable bonds is 8. The van der Waals surface area contributed by atoms with Crippen LogP contribution in [0.1, 0.15) is 11.4 Å². The summed E-state index contributed by atoms with van der Waals surface area (Å²) in [6.45, 7) is 2.35. The summed E-state index contributed by atoms with van der Waals surface area (Å²) < 4.78 is 6.97. The lowest BCUT2D eigenvalue weighted by molar-refractivity contribution is 0.196. The second-order valence-electron chi connectivity index (χ2n) is 4.88. The number of aromatic nitrogens is 2. The van der Waals surface area contributed by atoms with E-state index in [1.54, 1.807) is 13.3 Å². The zero-order chi connectivity index (χ0) is 15.6. The van der Waals surface area contributed by atoms with Crippen LogP contribution in [0.2, 0.25) is 0 Å². The van der Waals surface area contributed by atoms with E-state index < -0.39 is 0 Å². The minimum absolute atomic E-state index is 0.182. The Kier molecular flexibility index (Phi) is 6.44. The number of benzene rings is 1. The van der Waals surface area contributed by atoms with Crippen molar-refractivity contribution in [3.8, 4) is 0 Å². The first-order valence-corrected chi connectivity index (χ1v) is 7.34. The number of hydrogen-bond acceptors (Lipinski definition) is 3. The SMILES string of the molecule is COCCNC(=O)NCCc1nccn1Cc1ccccc1. The van der Waals surface area contributed by atoms with Crippen molar-refractivity contribution in [1.29, 1.82) is 0 Å². The molecule has 1 aromatic carbocycles. The van der Waals surface area contributed by atoms with E-state index in [-0.39, 0.29) is 6.03 Å². The number of urea groups is 1. The van der Waals surface area contributed by atoms with Gasteiger partial charge >= 0.3 is 6.03 Å². The molecule has 0 fully saturated rings. The molecule has 0 unspecified atom stereocenters. The van der Waals surface area contributed by atoms with Crippen LogP contribution in [0, 0.1) is 0 Å². The van der Waals surface area contributed by atoms with E-state index in [9.17, 15) is 4.79 Å². The van der Waals surface area contributed by atoms with Gasteiger partial charge in [-0.2, -0.15) is 0 Å². The number of hydrogen-bond donors (Lipinski definition) is 2. The first kappa shape index (κ1) is 16.0. The third kappa shape index (κ3) is 5.21. The average molecular weight is 302 g/mol. The summed E-state index contributed by atoms with van der Waals surface area (Å²) in [6.07, 6.45) is 4.44. The second-order valence-corrected chi connectivity index (χ2v) is 4.88. The molecule has 0 saturated carbocycles. The van der Waals surface area contributed by atoms with Crippen LogP contribution in [0.15, 0.2) is 42.7 Å². The zero-order valence-corrected chi connectivity index (χ0v) is 12.8. The third-order valence-electron chi connectivity index (χ3n) is 3.22. The van der Waals surface area contributed by atoms with Gasteiger partial charge in [0.25, 0.3) is 0 Å². The Morgan fingerprint density at radius 2 is 2.00 bits per heavy atom. The van der Waals surface area contributed by atoms with Crippen molar-refractivity contribution in [1.82, 2.24) is 20.2 Å². The smallest absolute Gasteiger partial charge is 0.314 e. The van der Waals surface area contributed by atoms with Gasteiger partial charge in [-0.25, -0.2) is 9.78 Å². The number of ether oxygens (including phenoxy) is 1. The van der Waals surface area contributed by atoms with Crippen molar-refractivity contribution < 1.29 is 9.53 Å². The maximum atomic E-state index is 11.5. The summed E-state index contributed by atoms with van der Waals surface area (Å²) in [7, 11) is 1.60. The van der Waals surface area contributed by atoms with E-state index in [0.29, 0.717) is 26.1 Å². The van der Waals surface area contributed by atoms with Crippen molar-refractivity contribution in [2.45, 2.75) is 13.0 Å². The Morgan fingerprint density at radius 1 is 1.23 bits per heavy atom. The van der Waals surface area contributed by atoms with Crippen molar-refractivity contribution >= 4 is 6.03 Å². The van der Waals surface area contributed by atoms with Crippen molar-refractivity contribution in [2.75, 3.05) is 26.8 Å². The molecule has 0 aliphatic rings. The summed E-state index contributed by atoms with van der Waals surface area (Å²) in [4.78, 5) is 15.9. The van der Waals surface area contributed by atoms with Crippen LogP contribution in [-0.4, -0.2) is 42.4 Å². The largest absolute Gasteiger partial charge is 0.383 e. The van der Waals surface area contributed by atoms with Crippen LogP contribution < -0.4 is 10.6 Å². The van der Waals surface area contributed by atoms with E-state index >= 15 is 0 Å². The Labute approximate surface area is 130 Å². The lowest BCUT2D eigenvalue weighted by Gasteiger charge is -2.09. The van der Waals surface area contributed by atoms with E-state index in [4.69, 9.17) is 4.74 Å². The van der Waals surface area contributed by atoms with E-state index in [1.807, 2.05) is 24.4 Å². The minimum Gasteiger partial charge on any atom is -0.383 e. The van der Waals surface area contributed by atoms with Crippen LogP contribution >= 0.6 is 0 Å². The molecule has 118 valence electrons. The fraction of sp³-hybridized carbons (Fsp3) is 0.375. The molecular formula is C16H22N4O2. The molecule has 0 atom stereocenters. The lowest BCUT2D eigenvalue weighted by Crippen LogP contribution is -2.38. The molecule has 2 N–H and O–H groups in total. The highest BCUT2D eigenvalue weighted by Gasteiger charge is 2.05. The predicted molar refractivity (Wildman–Crippen MR) is 84.8 cm³/mol.